The quantitative estimate of drug-likeness (QED) is 0.589. The van der Waals surface area contributed by atoms with E-state index >= 15 is 0 Å². The summed E-state index contributed by atoms with van der Waals surface area (Å²) in [7, 11) is 0. The van der Waals surface area contributed by atoms with Gasteiger partial charge in [-0.3, -0.25) is 19.7 Å². The van der Waals surface area contributed by atoms with Gasteiger partial charge in [0.15, 0.2) is 5.78 Å². The number of fused-ring (bicyclic) bond motifs is 1. The number of benzene rings is 1. The van der Waals surface area contributed by atoms with E-state index < -0.39 is 10.7 Å². The third kappa shape index (κ3) is 1.61. The summed E-state index contributed by atoms with van der Waals surface area (Å²) in [6.07, 6.45) is 0. The molecule has 0 N–H and O–H groups in total. The van der Waals surface area contributed by atoms with E-state index in [1.54, 1.807) is 0 Å². The standard InChI is InChI=1S/C11H6BrNO4/c1-5-9(12)11(15)8-6(10(5)14)3-2-4-7(8)13(16)17/h2-4H,1H3. The van der Waals surface area contributed by atoms with Crippen LogP contribution < -0.4 is 0 Å². The van der Waals surface area contributed by atoms with Crippen LogP contribution in [0.2, 0.25) is 0 Å². The number of halogens is 1. The molecular weight excluding hydrogens is 290 g/mol. The number of allylic oxidation sites excluding steroid dienone is 2. The zero-order chi connectivity index (χ0) is 12.7. The number of nitrogens with zero attached hydrogens (tertiary/aromatic N) is 1. The van der Waals surface area contributed by atoms with Crippen molar-refractivity contribution in [3.05, 3.63) is 49.5 Å². The predicted octanol–water partition coefficient (Wildman–Crippen LogP) is 2.64. The van der Waals surface area contributed by atoms with Gasteiger partial charge in [-0.1, -0.05) is 6.07 Å². The van der Waals surface area contributed by atoms with Gasteiger partial charge in [-0.05, 0) is 28.9 Å². The number of hydrogen-bond donors (Lipinski definition) is 0. The lowest BCUT2D eigenvalue weighted by Crippen LogP contribution is -2.19. The highest BCUT2D eigenvalue weighted by Gasteiger charge is 2.34. The van der Waals surface area contributed by atoms with Gasteiger partial charge in [-0.15, -0.1) is 0 Å². The van der Waals surface area contributed by atoms with E-state index in [4.69, 9.17) is 0 Å². The number of ketones is 2. The Morgan fingerprint density at radius 2 is 1.88 bits per heavy atom. The molecule has 0 fully saturated rings. The Kier molecular flexibility index (Phi) is 2.66. The van der Waals surface area contributed by atoms with Crippen molar-refractivity contribution in [1.82, 2.24) is 0 Å². The zero-order valence-electron chi connectivity index (χ0n) is 8.69. The maximum Gasteiger partial charge on any atom is 0.281 e. The molecule has 5 nitrogen and oxygen atoms in total. The predicted molar refractivity (Wildman–Crippen MR) is 63.4 cm³/mol. The van der Waals surface area contributed by atoms with Crippen LogP contribution in [0.3, 0.4) is 0 Å². The van der Waals surface area contributed by atoms with Gasteiger partial charge in [0, 0.05) is 17.2 Å². The molecule has 2 rings (SSSR count). The first-order chi connectivity index (χ1) is 7.95. The summed E-state index contributed by atoms with van der Waals surface area (Å²) >= 11 is 3.00. The second-order valence-electron chi connectivity index (χ2n) is 3.55. The van der Waals surface area contributed by atoms with Crippen LogP contribution in [-0.4, -0.2) is 16.5 Å². The topological polar surface area (TPSA) is 77.3 Å². The summed E-state index contributed by atoms with van der Waals surface area (Å²) in [6.45, 7) is 1.51. The van der Waals surface area contributed by atoms with Gasteiger partial charge >= 0.3 is 0 Å². The van der Waals surface area contributed by atoms with E-state index in [0.717, 1.165) is 0 Å². The molecule has 1 aromatic rings. The molecule has 0 saturated heterocycles. The van der Waals surface area contributed by atoms with Crippen molar-refractivity contribution >= 4 is 33.2 Å². The number of hydrogen-bond acceptors (Lipinski definition) is 4. The maximum atomic E-state index is 11.9. The third-order valence-electron chi connectivity index (χ3n) is 2.58. The number of nitro groups is 1. The van der Waals surface area contributed by atoms with Crippen LogP contribution in [0.5, 0.6) is 0 Å². The summed E-state index contributed by atoms with van der Waals surface area (Å²) in [6, 6.07) is 4.03. The Bertz CT molecular complexity index is 603. The van der Waals surface area contributed by atoms with Crippen LogP contribution in [0.1, 0.15) is 27.6 Å². The molecule has 0 aliphatic heterocycles. The summed E-state index contributed by atoms with van der Waals surface area (Å²) in [5, 5.41) is 10.8. The molecule has 1 aliphatic rings. The highest BCUT2D eigenvalue weighted by atomic mass is 79.9. The van der Waals surface area contributed by atoms with Gasteiger partial charge in [0.1, 0.15) is 5.56 Å². The SMILES string of the molecule is CC1=C(Br)C(=O)c2c(cccc2[N+](=O)[O-])C1=O. The first-order valence-corrected chi connectivity index (χ1v) is 5.47. The summed E-state index contributed by atoms with van der Waals surface area (Å²) in [5.74, 6) is -0.889. The Morgan fingerprint density at radius 3 is 2.47 bits per heavy atom. The first kappa shape index (κ1) is 11.7. The molecule has 0 radical (unpaired) electrons. The minimum Gasteiger partial charge on any atom is -0.289 e. The van der Waals surface area contributed by atoms with Crippen LogP contribution in [-0.2, 0) is 0 Å². The number of Topliss-reactive ketones (excluding diaryl/α,β-unsaturated/α-hetero) is 2. The zero-order valence-corrected chi connectivity index (χ0v) is 10.3. The lowest BCUT2D eigenvalue weighted by atomic mass is 9.89. The fourth-order valence-electron chi connectivity index (χ4n) is 1.70. The Hall–Kier alpha value is -1.82. The van der Waals surface area contributed by atoms with E-state index in [1.165, 1.54) is 25.1 Å². The van der Waals surface area contributed by atoms with Crippen LogP contribution in [0.15, 0.2) is 28.3 Å². The average molecular weight is 296 g/mol. The molecule has 0 amide bonds. The van der Waals surface area contributed by atoms with E-state index in [0.29, 0.717) is 0 Å². The molecule has 6 heteroatoms. The van der Waals surface area contributed by atoms with E-state index in [1.807, 2.05) is 0 Å². The summed E-state index contributed by atoms with van der Waals surface area (Å²) in [5.41, 5.74) is -0.127. The molecule has 0 atom stereocenters. The fourth-order valence-corrected chi connectivity index (χ4v) is 2.08. The third-order valence-corrected chi connectivity index (χ3v) is 3.53. The maximum absolute atomic E-state index is 11.9. The molecule has 0 saturated carbocycles. The van der Waals surface area contributed by atoms with E-state index in [2.05, 4.69) is 15.9 Å². The van der Waals surface area contributed by atoms with E-state index in [9.17, 15) is 19.7 Å². The Balaban J connectivity index is 2.81. The van der Waals surface area contributed by atoms with Crippen molar-refractivity contribution in [2.24, 2.45) is 0 Å². The molecule has 0 unspecified atom stereocenters. The molecule has 17 heavy (non-hydrogen) atoms. The normalized spacial score (nSPS) is 14.9. The minimum atomic E-state index is -0.662. The number of rotatable bonds is 1. The average Bonchev–Trinajstić information content (AvgIpc) is 2.32. The Morgan fingerprint density at radius 1 is 1.24 bits per heavy atom. The molecule has 86 valence electrons. The smallest absolute Gasteiger partial charge is 0.281 e. The molecule has 1 aromatic carbocycles. The summed E-state index contributed by atoms with van der Waals surface area (Å²) in [4.78, 5) is 34.0. The van der Waals surface area contributed by atoms with Crippen molar-refractivity contribution in [2.75, 3.05) is 0 Å². The molecule has 0 spiro atoms. The van der Waals surface area contributed by atoms with Gasteiger partial charge in [-0.2, -0.15) is 0 Å². The highest BCUT2D eigenvalue weighted by Crippen LogP contribution is 2.34. The van der Waals surface area contributed by atoms with Crippen molar-refractivity contribution in [2.45, 2.75) is 6.92 Å². The van der Waals surface area contributed by atoms with Gasteiger partial charge in [0.25, 0.3) is 5.69 Å². The van der Waals surface area contributed by atoms with Gasteiger partial charge in [0.05, 0.1) is 9.41 Å². The first-order valence-electron chi connectivity index (χ1n) is 4.68. The van der Waals surface area contributed by atoms with Crippen molar-refractivity contribution in [1.29, 1.82) is 0 Å². The minimum absolute atomic E-state index is 0.0873. The van der Waals surface area contributed by atoms with Gasteiger partial charge in [-0.25, -0.2) is 0 Å². The Labute approximate surface area is 104 Å². The number of carbonyl (C=O) groups excluding carboxylic acids is 2. The van der Waals surface area contributed by atoms with Crippen LogP contribution >= 0.6 is 15.9 Å². The van der Waals surface area contributed by atoms with Gasteiger partial charge < -0.3 is 0 Å². The lowest BCUT2D eigenvalue weighted by Gasteiger charge is -2.14. The van der Waals surface area contributed by atoms with Crippen molar-refractivity contribution in [3.63, 3.8) is 0 Å². The second-order valence-corrected chi connectivity index (χ2v) is 4.35. The highest BCUT2D eigenvalue weighted by molar-refractivity contribution is 9.12. The second kappa shape index (κ2) is 3.89. The lowest BCUT2D eigenvalue weighted by molar-refractivity contribution is -0.385. The molecular formula is C11H6BrNO4. The van der Waals surface area contributed by atoms with Crippen LogP contribution in [0.25, 0.3) is 0 Å². The fraction of sp³-hybridized carbons (Fsp3) is 0.0909. The van der Waals surface area contributed by atoms with Crippen LogP contribution in [0, 0.1) is 10.1 Å². The van der Waals surface area contributed by atoms with Crippen LogP contribution in [0.4, 0.5) is 5.69 Å². The van der Waals surface area contributed by atoms with Crippen molar-refractivity contribution < 1.29 is 14.5 Å². The monoisotopic (exact) mass is 295 g/mol. The molecule has 0 aromatic heterocycles. The number of carbonyl (C=O) groups is 2. The molecule has 0 heterocycles. The summed E-state index contributed by atoms with van der Waals surface area (Å²) < 4.78 is 0.0873. The number of nitro benzene ring substituents is 1. The largest absolute Gasteiger partial charge is 0.289 e. The van der Waals surface area contributed by atoms with Crippen molar-refractivity contribution in [3.8, 4) is 0 Å². The molecule has 0 bridgehead atoms. The molecule has 1 aliphatic carbocycles. The van der Waals surface area contributed by atoms with Gasteiger partial charge in [0.2, 0.25) is 5.78 Å². The van der Waals surface area contributed by atoms with E-state index in [-0.39, 0.29) is 32.7 Å².